The lowest BCUT2D eigenvalue weighted by atomic mass is 9.75. The number of cyclic esters (lactones) is 1. The summed E-state index contributed by atoms with van der Waals surface area (Å²) in [6.45, 7) is 11.8. The molecule has 3 saturated heterocycles. The quantitative estimate of drug-likeness (QED) is 0.228. The fourth-order valence-corrected chi connectivity index (χ4v) is 6.94. The fraction of sp³-hybridized carbons (Fsp3) is 0.844. The topological polar surface area (TPSA) is 152 Å². The lowest BCUT2D eigenvalue weighted by Gasteiger charge is -2.46. The van der Waals surface area contributed by atoms with Gasteiger partial charge in [0.2, 0.25) is 0 Å². The van der Waals surface area contributed by atoms with Crippen LogP contribution in [-0.2, 0) is 33.3 Å². The molecule has 0 spiro atoms. The molecule has 3 aliphatic heterocycles. The van der Waals surface area contributed by atoms with E-state index in [1.54, 1.807) is 20.8 Å². The molecular formula is C32H51NO10. The Labute approximate surface area is 255 Å². The largest absolute Gasteiger partial charge is 0.459 e. The van der Waals surface area contributed by atoms with Crippen LogP contribution in [0.15, 0.2) is 0 Å². The number of carbonyl (C=O) groups excluding carboxylic acids is 3. The number of nitrogens with zero attached hydrogens (tertiary/aromatic N) is 1. The van der Waals surface area contributed by atoms with Gasteiger partial charge in [0.25, 0.3) is 0 Å². The first-order valence-electron chi connectivity index (χ1n) is 15.4. The molecule has 0 amide bonds. The van der Waals surface area contributed by atoms with Crippen molar-refractivity contribution in [2.75, 3.05) is 20.2 Å². The van der Waals surface area contributed by atoms with Gasteiger partial charge in [0, 0.05) is 36.8 Å². The molecule has 2 bridgehead atoms. The number of rotatable bonds is 6. The molecular weight excluding hydrogens is 558 g/mol. The summed E-state index contributed by atoms with van der Waals surface area (Å²) in [5, 5.41) is 33.8. The van der Waals surface area contributed by atoms with E-state index < -0.39 is 77.3 Å². The maximum absolute atomic E-state index is 13.8. The second kappa shape index (κ2) is 14.0. The van der Waals surface area contributed by atoms with Crippen molar-refractivity contribution < 1.29 is 48.7 Å². The minimum atomic E-state index is -1.94. The molecule has 0 radical (unpaired) electrons. The van der Waals surface area contributed by atoms with Crippen molar-refractivity contribution in [3.05, 3.63) is 0 Å². The molecule has 3 aliphatic rings. The summed E-state index contributed by atoms with van der Waals surface area (Å²) >= 11 is 0. The summed E-state index contributed by atoms with van der Waals surface area (Å²) < 4.78 is 24.4. The Morgan fingerprint density at radius 3 is 2.35 bits per heavy atom. The normalized spacial score (nSPS) is 45.0. The van der Waals surface area contributed by atoms with Gasteiger partial charge in [0.05, 0.1) is 30.5 Å². The van der Waals surface area contributed by atoms with E-state index in [0.29, 0.717) is 19.4 Å². The first-order chi connectivity index (χ1) is 20.0. The number of carbonyl (C=O) groups is 3. The van der Waals surface area contributed by atoms with Crippen LogP contribution in [0.1, 0.15) is 74.1 Å². The second-order valence-electron chi connectivity index (χ2n) is 13.2. The first kappa shape index (κ1) is 35.6. The van der Waals surface area contributed by atoms with Crippen molar-refractivity contribution in [1.29, 1.82) is 0 Å². The molecule has 3 N–H and O–H groups in total. The van der Waals surface area contributed by atoms with Gasteiger partial charge in [-0.05, 0) is 54.0 Å². The average Bonchev–Trinajstić information content (AvgIpc) is 3.38. The second-order valence-corrected chi connectivity index (χ2v) is 13.2. The van der Waals surface area contributed by atoms with E-state index in [9.17, 15) is 29.7 Å². The molecule has 3 heterocycles. The monoisotopic (exact) mass is 609 g/mol. The molecule has 3 rings (SSSR count). The van der Waals surface area contributed by atoms with Crippen LogP contribution >= 0.6 is 0 Å². The molecule has 11 heteroatoms. The standard InChI is InChI=1S/C32H51NO10/c1-10-12-13-33(9)22-14-17(3)41-30(26(22)36)43-28-19(5)24(34)20(6)29(38)42-23(11-2)32(8,39)27(37)18(4)25(35)21-15-31(28,7)40-16-21/h1,17-23,26-28,30,36-37,39H,11-16H2,2-9H3/t17-,18+,19+,20-,21+,22+,23-,26-,27-,28-,30+,31-,32-/m1/s1. The Balaban J connectivity index is 2.00. The number of esters is 1. The molecule has 244 valence electrons. The zero-order chi connectivity index (χ0) is 32.4. The van der Waals surface area contributed by atoms with Gasteiger partial charge in [-0.2, -0.15) is 0 Å². The van der Waals surface area contributed by atoms with Crippen molar-refractivity contribution in [3.63, 3.8) is 0 Å². The third-order valence-corrected chi connectivity index (χ3v) is 9.82. The maximum Gasteiger partial charge on any atom is 0.316 e. The van der Waals surface area contributed by atoms with Crippen LogP contribution in [0.5, 0.6) is 0 Å². The van der Waals surface area contributed by atoms with Crippen LogP contribution in [0.2, 0.25) is 0 Å². The zero-order valence-electron chi connectivity index (χ0n) is 26.8. The van der Waals surface area contributed by atoms with E-state index in [-0.39, 0.29) is 37.4 Å². The molecule has 0 saturated carbocycles. The summed E-state index contributed by atoms with van der Waals surface area (Å²) in [6.07, 6.45) is 0.597. The molecule has 0 unspecified atom stereocenters. The number of hydrogen-bond acceptors (Lipinski definition) is 11. The van der Waals surface area contributed by atoms with Crippen LogP contribution < -0.4 is 0 Å². The number of fused-ring (bicyclic) bond motifs is 2. The van der Waals surface area contributed by atoms with Crippen molar-refractivity contribution in [2.24, 2.45) is 23.7 Å². The van der Waals surface area contributed by atoms with Crippen molar-refractivity contribution in [3.8, 4) is 12.3 Å². The van der Waals surface area contributed by atoms with Crippen LogP contribution in [0.3, 0.4) is 0 Å². The summed E-state index contributed by atoms with van der Waals surface area (Å²) in [6, 6.07) is -0.326. The molecule has 11 nitrogen and oxygen atoms in total. The lowest BCUT2D eigenvalue weighted by molar-refractivity contribution is -0.293. The van der Waals surface area contributed by atoms with Gasteiger partial charge in [-0.15, -0.1) is 12.3 Å². The third kappa shape index (κ3) is 7.33. The highest BCUT2D eigenvalue weighted by Gasteiger charge is 2.55. The summed E-state index contributed by atoms with van der Waals surface area (Å²) in [7, 11) is 1.87. The summed E-state index contributed by atoms with van der Waals surface area (Å²) in [5.74, 6) is -2.88. The van der Waals surface area contributed by atoms with Gasteiger partial charge in [-0.1, -0.05) is 20.8 Å². The first-order valence-corrected chi connectivity index (χ1v) is 15.4. The van der Waals surface area contributed by atoms with Gasteiger partial charge >= 0.3 is 5.97 Å². The molecule has 13 atom stereocenters. The fourth-order valence-electron chi connectivity index (χ4n) is 6.94. The minimum Gasteiger partial charge on any atom is -0.459 e. The SMILES string of the molecule is C#CCCN(C)[C@H]1C[C@@H](C)O[C@@H](O[C@@H]2[C@@H](C)C(=O)[C@@H](C)C(=O)O[C@H](CC)[C@@](C)(O)[C@H](O)[C@@H](C)C(=O)[C@@H]3CO[C@]2(C)C3)[C@@H]1O. The van der Waals surface area contributed by atoms with Gasteiger partial charge in [-0.25, -0.2) is 0 Å². The van der Waals surface area contributed by atoms with Gasteiger partial charge < -0.3 is 34.3 Å². The van der Waals surface area contributed by atoms with E-state index >= 15 is 0 Å². The number of aliphatic hydroxyl groups excluding tert-OH is 2. The molecule has 0 aromatic carbocycles. The number of ether oxygens (including phenoxy) is 4. The minimum absolute atomic E-state index is 0.0133. The number of hydrogen-bond donors (Lipinski definition) is 3. The number of likely N-dealkylation sites (N-methyl/N-ethyl adjacent to an activating group) is 1. The Morgan fingerprint density at radius 1 is 1.09 bits per heavy atom. The van der Waals surface area contributed by atoms with Crippen LogP contribution in [-0.4, -0.2) is 112 Å². The predicted molar refractivity (Wildman–Crippen MR) is 156 cm³/mol. The van der Waals surface area contributed by atoms with Gasteiger partial charge in [-0.3, -0.25) is 19.3 Å². The molecule has 3 fully saturated rings. The van der Waals surface area contributed by atoms with E-state index in [1.165, 1.54) is 20.8 Å². The van der Waals surface area contributed by atoms with Gasteiger partial charge in [0.1, 0.15) is 29.5 Å². The number of terminal acetylenes is 1. The molecule has 0 aliphatic carbocycles. The molecule has 43 heavy (non-hydrogen) atoms. The van der Waals surface area contributed by atoms with E-state index in [4.69, 9.17) is 25.4 Å². The zero-order valence-corrected chi connectivity index (χ0v) is 26.8. The molecule has 0 aromatic rings. The number of Topliss-reactive ketones (excluding diaryl/α,β-unsaturated/α-hetero) is 2. The highest BCUT2D eigenvalue weighted by molar-refractivity contribution is 6.00. The predicted octanol–water partition coefficient (Wildman–Crippen LogP) is 1.48. The summed E-state index contributed by atoms with van der Waals surface area (Å²) in [4.78, 5) is 42.6. The Bertz CT molecular complexity index is 1060. The highest BCUT2D eigenvalue weighted by Crippen LogP contribution is 2.42. The summed E-state index contributed by atoms with van der Waals surface area (Å²) in [5.41, 5.74) is -3.13. The van der Waals surface area contributed by atoms with E-state index in [2.05, 4.69) is 5.92 Å². The highest BCUT2D eigenvalue weighted by atomic mass is 16.7. The third-order valence-electron chi connectivity index (χ3n) is 9.82. The van der Waals surface area contributed by atoms with E-state index in [0.717, 1.165) is 0 Å². The maximum atomic E-state index is 13.8. The van der Waals surface area contributed by atoms with Crippen LogP contribution in [0.25, 0.3) is 0 Å². The van der Waals surface area contributed by atoms with Crippen molar-refractivity contribution in [2.45, 2.75) is 128 Å². The number of ketones is 2. The number of aliphatic hydroxyl groups is 3. The van der Waals surface area contributed by atoms with Crippen molar-refractivity contribution >= 4 is 17.5 Å². The van der Waals surface area contributed by atoms with Gasteiger partial charge in [0.15, 0.2) is 12.1 Å². The van der Waals surface area contributed by atoms with Crippen LogP contribution in [0.4, 0.5) is 0 Å². The van der Waals surface area contributed by atoms with Crippen molar-refractivity contribution in [1.82, 2.24) is 4.90 Å². The molecule has 0 aromatic heterocycles. The Hall–Kier alpha value is -1.91. The smallest absolute Gasteiger partial charge is 0.316 e. The van der Waals surface area contributed by atoms with Crippen LogP contribution in [0, 0.1) is 36.0 Å². The lowest BCUT2D eigenvalue weighted by Crippen LogP contribution is -2.59. The Morgan fingerprint density at radius 2 is 1.74 bits per heavy atom. The Kier molecular flexibility index (Phi) is 11.6. The van der Waals surface area contributed by atoms with E-state index in [1.807, 2.05) is 18.9 Å². The average molecular weight is 610 g/mol.